The van der Waals surface area contributed by atoms with Crippen molar-refractivity contribution in [3.8, 4) is 11.5 Å². The predicted octanol–water partition coefficient (Wildman–Crippen LogP) is 3.08. The van der Waals surface area contributed by atoms with Crippen molar-refractivity contribution in [1.29, 1.82) is 0 Å². The van der Waals surface area contributed by atoms with Gasteiger partial charge in [0, 0.05) is 18.0 Å². The van der Waals surface area contributed by atoms with E-state index in [2.05, 4.69) is 25.3 Å². The highest BCUT2D eigenvalue weighted by atomic mass is 32.1. The topological polar surface area (TPSA) is 80.7 Å². The fourth-order valence-corrected chi connectivity index (χ4v) is 3.04. The molecule has 0 atom stereocenters. The van der Waals surface area contributed by atoms with E-state index in [0.717, 1.165) is 15.9 Å². The lowest BCUT2D eigenvalue weighted by Gasteiger charge is -2.06. The van der Waals surface area contributed by atoms with Gasteiger partial charge in [0.1, 0.15) is 5.69 Å². The molecule has 25 heavy (non-hydrogen) atoms. The molecule has 4 aromatic rings. The van der Waals surface area contributed by atoms with Crippen LogP contribution >= 0.6 is 11.3 Å². The zero-order valence-electron chi connectivity index (χ0n) is 13.1. The van der Waals surface area contributed by atoms with E-state index in [0.29, 0.717) is 23.6 Å². The molecule has 6 nitrogen and oxygen atoms in total. The van der Waals surface area contributed by atoms with Gasteiger partial charge in [-0.25, -0.2) is 15.0 Å². The van der Waals surface area contributed by atoms with Crippen LogP contribution < -0.4 is 5.32 Å². The lowest BCUT2D eigenvalue weighted by molar-refractivity contribution is 0.0950. The number of nitrogens with one attached hydrogen (secondary N) is 1. The first-order valence-electron chi connectivity index (χ1n) is 7.64. The fourth-order valence-electron chi connectivity index (χ4n) is 2.38. The SMILES string of the molecule is O=C(NCc1ccnc(-c2ccccn2)n1)c1ccc2scnc2c1. The van der Waals surface area contributed by atoms with Crippen molar-refractivity contribution >= 4 is 27.5 Å². The summed E-state index contributed by atoms with van der Waals surface area (Å²) >= 11 is 1.55. The largest absolute Gasteiger partial charge is 0.346 e. The Kier molecular flexibility index (Phi) is 4.14. The molecule has 0 aliphatic rings. The zero-order valence-corrected chi connectivity index (χ0v) is 13.9. The molecule has 0 aliphatic heterocycles. The summed E-state index contributed by atoms with van der Waals surface area (Å²) in [6, 6.07) is 12.8. The van der Waals surface area contributed by atoms with Crippen molar-refractivity contribution in [3.05, 3.63) is 71.6 Å². The van der Waals surface area contributed by atoms with Crippen LogP contribution in [0.3, 0.4) is 0 Å². The van der Waals surface area contributed by atoms with E-state index in [1.54, 1.807) is 47.4 Å². The second-order valence-electron chi connectivity index (χ2n) is 5.30. The molecule has 1 N–H and O–H groups in total. The Morgan fingerprint density at radius 3 is 2.88 bits per heavy atom. The van der Waals surface area contributed by atoms with E-state index >= 15 is 0 Å². The summed E-state index contributed by atoms with van der Waals surface area (Å²) in [7, 11) is 0. The molecule has 0 unspecified atom stereocenters. The number of hydrogen-bond acceptors (Lipinski definition) is 6. The molecule has 4 rings (SSSR count). The average Bonchev–Trinajstić information content (AvgIpc) is 3.15. The molecule has 3 heterocycles. The highest BCUT2D eigenvalue weighted by Gasteiger charge is 2.09. The molecule has 1 amide bonds. The van der Waals surface area contributed by atoms with Crippen LogP contribution in [-0.2, 0) is 6.54 Å². The Morgan fingerprint density at radius 1 is 1.04 bits per heavy atom. The molecule has 0 saturated carbocycles. The van der Waals surface area contributed by atoms with E-state index in [1.807, 2.05) is 24.3 Å². The van der Waals surface area contributed by atoms with Gasteiger partial charge in [-0.3, -0.25) is 9.78 Å². The third kappa shape index (κ3) is 3.36. The van der Waals surface area contributed by atoms with Gasteiger partial charge in [-0.1, -0.05) is 6.07 Å². The van der Waals surface area contributed by atoms with Gasteiger partial charge in [-0.2, -0.15) is 0 Å². The number of fused-ring (bicyclic) bond motifs is 1. The molecular weight excluding hydrogens is 334 g/mol. The standard InChI is InChI=1S/C18H13N5OS/c24-18(12-4-5-16-15(9-12)22-11-25-16)21-10-13-6-8-20-17(23-13)14-3-1-2-7-19-14/h1-9,11H,10H2,(H,21,24). The van der Waals surface area contributed by atoms with Crippen LogP contribution in [0.15, 0.2) is 60.4 Å². The van der Waals surface area contributed by atoms with Gasteiger partial charge < -0.3 is 5.32 Å². The number of pyridine rings is 1. The number of thiazole rings is 1. The molecule has 0 spiro atoms. The fraction of sp³-hybridized carbons (Fsp3) is 0.0556. The minimum Gasteiger partial charge on any atom is -0.346 e. The van der Waals surface area contributed by atoms with E-state index < -0.39 is 0 Å². The summed E-state index contributed by atoms with van der Waals surface area (Å²) in [5.74, 6) is 0.379. The second-order valence-corrected chi connectivity index (χ2v) is 6.19. The Hall–Kier alpha value is -3.19. The molecule has 0 bridgehead atoms. The van der Waals surface area contributed by atoms with E-state index in [9.17, 15) is 4.79 Å². The number of carbonyl (C=O) groups is 1. The first-order chi connectivity index (χ1) is 12.3. The highest BCUT2D eigenvalue weighted by molar-refractivity contribution is 7.16. The molecule has 0 radical (unpaired) electrons. The minimum absolute atomic E-state index is 0.159. The Balaban J connectivity index is 1.48. The Morgan fingerprint density at radius 2 is 2.00 bits per heavy atom. The Bertz CT molecular complexity index is 1030. The molecule has 3 aromatic heterocycles. The van der Waals surface area contributed by atoms with Crippen molar-refractivity contribution in [2.75, 3.05) is 0 Å². The average molecular weight is 347 g/mol. The molecule has 0 saturated heterocycles. The van der Waals surface area contributed by atoms with Crippen LogP contribution in [-0.4, -0.2) is 25.8 Å². The van der Waals surface area contributed by atoms with Crippen LogP contribution in [0.5, 0.6) is 0 Å². The number of hydrogen-bond donors (Lipinski definition) is 1. The number of aromatic nitrogens is 4. The Labute approximate surface area is 147 Å². The molecule has 122 valence electrons. The van der Waals surface area contributed by atoms with Crippen molar-refractivity contribution in [2.24, 2.45) is 0 Å². The van der Waals surface area contributed by atoms with Gasteiger partial charge in [0.2, 0.25) is 0 Å². The monoisotopic (exact) mass is 347 g/mol. The summed E-state index contributed by atoms with van der Waals surface area (Å²) in [5.41, 5.74) is 4.60. The van der Waals surface area contributed by atoms with Gasteiger partial charge in [0.15, 0.2) is 5.82 Å². The summed E-state index contributed by atoms with van der Waals surface area (Å²) in [6.45, 7) is 0.316. The van der Waals surface area contributed by atoms with Gasteiger partial charge >= 0.3 is 0 Å². The highest BCUT2D eigenvalue weighted by Crippen LogP contribution is 2.18. The van der Waals surface area contributed by atoms with Crippen LogP contribution in [0.4, 0.5) is 0 Å². The first kappa shape index (κ1) is 15.3. The zero-order chi connectivity index (χ0) is 17.1. The van der Waals surface area contributed by atoms with E-state index in [1.165, 1.54) is 0 Å². The third-order valence-electron chi connectivity index (χ3n) is 3.63. The normalized spacial score (nSPS) is 10.7. The van der Waals surface area contributed by atoms with Crippen molar-refractivity contribution in [3.63, 3.8) is 0 Å². The molecule has 7 heteroatoms. The van der Waals surface area contributed by atoms with E-state index in [4.69, 9.17) is 0 Å². The maximum Gasteiger partial charge on any atom is 0.251 e. The van der Waals surface area contributed by atoms with Crippen molar-refractivity contribution in [1.82, 2.24) is 25.3 Å². The van der Waals surface area contributed by atoms with Gasteiger partial charge in [0.25, 0.3) is 5.91 Å². The lowest BCUT2D eigenvalue weighted by Crippen LogP contribution is -2.23. The summed E-state index contributed by atoms with van der Waals surface area (Å²) < 4.78 is 1.06. The van der Waals surface area contributed by atoms with Crippen molar-refractivity contribution < 1.29 is 4.79 Å². The summed E-state index contributed by atoms with van der Waals surface area (Å²) in [4.78, 5) is 29.5. The van der Waals surface area contributed by atoms with Crippen LogP contribution in [0, 0.1) is 0 Å². The minimum atomic E-state index is -0.159. The molecule has 1 aromatic carbocycles. The number of rotatable bonds is 4. The number of amides is 1. The van der Waals surface area contributed by atoms with Crippen molar-refractivity contribution in [2.45, 2.75) is 6.54 Å². The quantitative estimate of drug-likeness (QED) is 0.613. The molecular formula is C18H13N5OS. The molecule has 0 aliphatic carbocycles. The van der Waals surface area contributed by atoms with Crippen LogP contribution in [0.1, 0.15) is 16.1 Å². The first-order valence-corrected chi connectivity index (χ1v) is 8.52. The third-order valence-corrected chi connectivity index (χ3v) is 4.44. The number of benzene rings is 1. The van der Waals surface area contributed by atoms with Gasteiger partial charge in [-0.05, 0) is 36.4 Å². The maximum atomic E-state index is 12.3. The predicted molar refractivity (Wildman–Crippen MR) is 96.1 cm³/mol. The maximum absolute atomic E-state index is 12.3. The van der Waals surface area contributed by atoms with Crippen LogP contribution in [0.2, 0.25) is 0 Å². The second kappa shape index (κ2) is 6.74. The lowest BCUT2D eigenvalue weighted by atomic mass is 10.2. The molecule has 0 fully saturated rings. The van der Waals surface area contributed by atoms with E-state index in [-0.39, 0.29) is 5.91 Å². The number of carbonyl (C=O) groups excluding carboxylic acids is 1. The number of nitrogens with zero attached hydrogens (tertiary/aromatic N) is 4. The summed E-state index contributed by atoms with van der Waals surface area (Å²) in [6.07, 6.45) is 3.36. The van der Waals surface area contributed by atoms with Gasteiger partial charge in [-0.15, -0.1) is 11.3 Å². The smallest absolute Gasteiger partial charge is 0.251 e. The van der Waals surface area contributed by atoms with Crippen LogP contribution in [0.25, 0.3) is 21.7 Å². The van der Waals surface area contributed by atoms with Gasteiger partial charge in [0.05, 0.1) is 28.0 Å². The summed E-state index contributed by atoms with van der Waals surface area (Å²) in [5, 5.41) is 2.88.